The van der Waals surface area contributed by atoms with Gasteiger partial charge in [0.15, 0.2) is 23.4 Å². The number of unbranched alkanes of at least 4 members (excludes halogenated alkanes) is 7. The fourth-order valence-corrected chi connectivity index (χ4v) is 2.93. The van der Waals surface area contributed by atoms with Crippen molar-refractivity contribution < 1.29 is 13.2 Å². The first kappa shape index (κ1) is 24.1. The number of halogens is 4. The molecule has 1 unspecified atom stereocenters. The minimum absolute atomic E-state index is 0. The van der Waals surface area contributed by atoms with E-state index in [1.807, 2.05) is 0 Å². The molecule has 28 heavy (non-hydrogen) atoms. The molecular weight excluding hydrogens is 391 g/mol. The Balaban J connectivity index is 0.00000392. The summed E-state index contributed by atoms with van der Waals surface area (Å²) < 4.78 is 40.1. The molecule has 0 saturated carbocycles. The Morgan fingerprint density at radius 3 is 2.29 bits per heavy atom. The number of anilines is 1. The zero-order valence-electron chi connectivity index (χ0n) is 16.1. The molecule has 4 N–H and O–H groups in total. The Kier molecular flexibility index (Phi) is 10.7. The second-order valence-electron chi connectivity index (χ2n) is 6.71. The van der Waals surface area contributed by atoms with Crippen LogP contribution < -0.4 is 16.4 Å². The van der Waals surface area contributed by atoms with Crippen LogP contribution in [0.25, 0.3) is 0 Å². The molecule has 1 aromatic rings. The second-order valence-corrected chi connectivity index (χ2v) is 6.71. The van der Waals surface area contributed by atoms with Crippen molar-refractivity contribution in [3.05, 3.63) is 29.6 Å². The molecule has 5 nitrogen and oxygen atoms in total. The molecule has 1 atom stereocenters. The van der Waals surface area contributed by atoms with Gasteiger partial charge in [-0.15, -0.1) is 12.4 Å². The van der Waals surface area contributed by atoms with Crippen LogP contribution in [0.1, 0.15) is 64.7 Å². The van der Waals surface area contributed by atoms with Gasteiger partial charge in [0.05, 0.1) is 5.69 Å². The van der Waals surface area contributed by atoms with Crippen molar-refractivity contribution in [2.24, 2.45) is 15.7 Å². The number of hydrogen-bond donors (Lipinski definition) is 3. The molecule has 2 rings (SSSR count). The van der Waals surface area contributed by atoms with Crippen molar-refractivity contribution in [3.8, 4) is 0 Å². The minimum Gasteiger partial charge on any atom is -0.370 e. The van der Waals surface area contributed by atoms with E-state index in [1.54, 1.807) is 0 Å². The average Bonchev–Trinajstić information content (AvgIpc) is 2.64. The van der Waals surface area contributed by atoms with Crippen molar-refractivity contribution in [1.29, 1.82) is 0 Å². The zero-order valence-corrected chi connectivity index (χ0v) is 16.9. The van der Waals surface area contributed by atoms with Crippen molar-refractivity contribution >= 4 is 30.0 Å². The van der Waals surface area contributed by atoms with E-state index in [-0.39, 0.29) is 36.2 Å². The highest BCUT2D eigenvalue weighted by molar-refractivity contribution is 6.05. The summed E-state index contributed by atoms with van der Waals surface area (Å²) in [5, 5.41) is 5.27. The third kappa shape index (κ3) is 7.58. The van der Waals surface area contributed by atoms with E-state index in [1.165, 1.54) is 38.5 Å². The van der Waals surface area contributed by atoms with Gasteiger partial charge in [-0.25, -0.2) is 23.2 Å². The molecule has 0 fully saturated rings. The predicted molar refractivity (Wildman–Crippen MR) is 110 cm³/mol. The van der Waals surface area contributed by atoms with Crippen molar-refractivity contribution in [2.45, 2.75) is 70.9 Å². The van der Waals surface area contributed by atoms with Gasteiger partial charge in [0.25, 0.3) is 0 Å². The fraction of sp³-hybridized carbons (Fsp3) is 0.579. The molecule has 0 spiro atoms. The van der Waals surface area contributed by atoms with Crippen molar-refractivity contribution in [1.82, 2.24) is 5.32 Å². The average molecular weight is 420 g/mol. The number of guanidine groups is 2. The van der Waals surface area contributed by atoms with E-state index in [2.05, 4.69) is 27.5 Å². The van der Waals surface area contributed by atoms with Gasteiger partial charge in [-0.05, 0) is 25.0 Å². The van der Waals surface area contributed by atoms with E-state index in [9.17, 15) is 13.2 Å². The van der Waals surface area contributed by atoms with Crippen LogP contribution in [0.4, 0.5) is 18.9 Å². The molecule has 0 bridgehead atoms. The number of rotatable bonds is 10. The Labute approximate surface area is 170 Å². The lowest BCUT2D eigenvalue weighted by Crippen LogP contribution is -2.45. The van der Waals surface area contributed by atoms with Crippen LogP contribution in [-0.4, -0.2) is 18.1 Å². The number of nitrogens with one attached hydrogen (secondary N) is 2. The molecule has 0 aromatic heterocycles. The highest BCUT2D eigenvalue weighted by Crippen LogP contribution is 2.20. The number of hydrogen-bond acceptors (Lipinski definition) is 5. The largest absolute Gasteiger partial charge is 0.370 e. The standard InChI is InChI=1S/C19H28F3N5.ClH/c1-2-3-4-5-6-7-8-9-10-15-25-18(23)27-19(26-15)24-14-12-11-13(20)16(21)17(14)22;/h11-12,15H,2-10H2,1H3,(H4,23,24,25,26,27);1H. The molecule has 0 amide bonds. The molecule has 0 aliphatic carbocycles. The zero-order chi connectivity index (χ0) is 19.6. The summed E-state index contributed by atoms with van der Waals surface area (Å²) in [4.78, 5) is 8.54. The van der Waals surface area contributed by atoms with Gasteiger partial charge in [-0.2, -0.15) is 0 Å². The van der Waals surface area contributed by atoms with E-state index in [0.29, 0.717) is 0 Å². The summed E-state index contributed by atoms with van der Waals surface area (Å²) in [6.07, 6.45) is 9.96. The number of nitrogens with zero attached hydrogens (tertiary/aromatic N) is 2. The van der Waals surface area contributed by atoms with Gasteiger partial charge in [0.2, 0.25) is 5.96 Å². The summed E-state index contributed by atoms with van der Waals surface area (Å²) in [5.74, 6) is -3.77. The SMILES string of the molecule is CCCCCCCCCCC1N=C(N)NC(Nc2ccc(F)c(F)c2F)=N1.Cl. The molecule has 0 radical (unpaired) electrons. The van der Waals surface area contributed by atoms with Gasteiger partial charge in [0.1, 0.15) is 6.17 Å². The predicted octanol–water partition coefficient (Wildman–Crippen LogP) is 5.07. The highest BCUT2D eigenvalue weighted by atomic mass is 35.5. The van der Waals surface area contributed by atoms with Crippen LogP contribution in [0.5, 0.6) is 0 Å². The first-order valence-electron chi connectivity index (χ1n) is 9.60. The van der Waals surface area contributed by atoms with Gasteiger partial charge < -0.3 is 11.1 Å². The van der Waals surface area contributed by atoms with Crippen LogP contribution in [0, 0.1) is 17.5 Å². The number of benzene rings is 1. The topological polar surface area (TPSA) is 74.8 Å². The van der Waals surface area contributed by atoms with Gasteiger partial charge >= 0.3 is 0 Å². The third-order valence-electron chi connectivity index (χ3n) is 4.42. The molecule has 1 heterocycles. The van der Waals surface area contributed by atoms with Crippen LogP contribution in [0.3, 0.4) is 0 Å². The first-order chi connectivity index (χ1) is 13.0. The van der Waals surface area contributed by atoms with Gasteiger partial charge in [-0.3, -0.25) is 5.32 Å². The smallest absolute Gasteiger partial charge is 0.204 e. The van der Waals surface area contributed by atoms with Gasteiger partial charge in [-0.1, -0.05) is 51.9 Å². The first-order valence-corrected chi connectivity index (χ1v) is 9.60. The second kappa shape index (κ2) is 12.5. The summed E-state index contributed by atoms with van der Waals surface area (Å²) in [6.45, 7) is 2.20. The monoisotopic (exact) mass is 419 g/mol. The molecule has 1 aliphatic heterocycles. The lowest BCUT2D eigenvalue weighted by molar-refractivity contribution is 0.449. The Bertz CT molecular complexity index is 682. The normalized spacial score (nSPS) is 15.9. The maximum atomic E-state index is 13.8. The minimum atomic E-state index is -1.53. The summed E-state index contributed by atoms with van der Waals surface area (Å²) >= 11 is 0. The molecule has 1 aliphatic rings. The number of aliphatic imine (C=N–C) groups is 2. The maximum absolute atomic E-state index is 13.8. The van der Waals surface area contributed by atoms with E-state index >= 15 is 0 Å². The van der Waals surface area contributed by atoms with Crippen LogP contribution in [0.15, 0.2) is 22.1 Å². The summed E-state index contributed by atoms with van der Waals surface area (Å²) in [5.41, 5.74) is 5.53. The lowest BCUT2D eigenvalue weighted by Gasteiger charge is -2.20. The van der Waals surface area contributed by atoms with Gasteiger partial charge in [0, 0.05) is 0 Å². The third-order valence-corrected chi connectivity index (χ3v) is 4.42. The van der Waals surface area contributed by atoms with Crippen LogP contribution in [-0.2, 0) is 0 Å². The summed E-state index contributed by atoms with van der Waals surface area (Å²) in [6, 6.07) is 1.95. The molecule has 158 valence electrons. The fourth-order valence-electron chi connectivity index (χ4n) is 2.93. The quantitative estimate of drug-likeness (QED) is 0.366. The maximum Gasteiger partial charge on any atom is 0.204 e. The highest BCUT2D eigenvalue weighted by Gasteiger charge is 2.18. The molecule has 1 aromatic carbocycles. The lowest BCUT2D eigenvalue weighted by atomic mass is 10.1. The van der Waals surface area contributed by atoms with Crippen LogP contribution >= 0.6 is 12.4 Å². The van der Waals surface area contributed by atoms with Crippen molar-refractivity contribution in [3.63, 3.8) is 0 Å². The Morgan fingerprint density at radius 2 is 1.61 bits per heavy atom. The number of nitrogens with two attached hydrogens (primary N) is 1. The molecular formula is C19H29ClF3N5. The van der Waals surface area contributed by atoms with E-state index < -0.39 is 17.5 Å². The van der Waals surface area contributed by atoms with Crippen molar-refractivity contribution in [2.75, 3.05) is 5.32 Å². The Morgan fingerprint density at radius 1 is 0.964 bits per heavy atom. The van der Waals surface area contributed by atoms with E-state index in [0.717, 1.165) is 31.4 Å². The molecule has 0 saturated heterocycles. The van der Waals surface area contributed by atoms with E-state index in [4.69, 9.17) is 5.73 Å². The Hall–Kier alpha value is -1.96. The van der Waals surface area contributed by atoms with Crippen LogP contribution in [0.2, 0.25) is 0 Å². The summed E-state index contributed by atoms with van der Waals surface area (Å²) in [7, 11) is 0. The molecule has 9 heteroatoms.